The first-order valence-electron chi connectivity index (χ1n) is 7.89. The Bertz CT molecular complexity index is 878. The highest BCUT2D eigenvalue weighted by atomic mass is 32.2. The molecule has 0 aliphatic carbocycles. The van der Waals surface area contributed by atoms with E-state index >= 15 is 0 Å². The number of carbonyl (C=O) groups excluding carboxylic acids is 1. The van der Waals surface area contributed by atoms with Gasteiger partial charge >= 0.3 is 0 Å². The minimum atomic E-state index is -3.86. The van der Waals surface area contributed by atoms with Gasteiger partial charge in [-0.2, -0.15) is 0 Å². The molecule has 0 heterocycles. The van der Waals surface area contributed by atoms with E-state index < -0.39 is 10.0 Å². The molecule has 0 radical (unpaired) electrons. The highest BCUT2D eigenvalue weighted by molar-refractivity contribution is 7.89. The van der Waals surface area contributed by atoms with Gasteiger partial charge in [0, 0.05) is 5.56 Å². The summed E-state index contributed by atoms with van der Waals surface area (Å²) in [6, 6.07) is 11.4. The smallest absolute Gasteiger partial charge is 0.252 e. The number of hydrogen-bond acceptors (Lipinski definition) is 4. The first kappa shape index (κ1) is 19.0. The molecule has 1 unspecified atom stereocenters. The average Bonchev–Trinajstić information content (AvgIpc) is 2.54. The van der Waals surface area contributed by atoms with Gasteiger partial charge in [-0.05, 0) is 56.2 Å². The van der Waals surface area contributed by atoms with E-state index in [0.717, 1.165) is 11.3 Å². The summed E-state index contributed by atoms with van der Waals surface area (Å²) in [5, 5.41) is 8.01. The van der Waals surface area contributed by atoms with Crippen LogP contribution in [0.25, 0.3) is 0 Å². The topological polar surface area (TPSA) is 98.5 Å². The lowest BCUT2D eigenvalue weighted by Gasteiger charge is -2.16. The van der Waals surface area contributed by atoms with Crippen LogP contribution in [0.4, 0.5) is 0 Å². The number of ether oxygens (including phenoxy) is 1. The zero-order valence-corrected chi connectivity index (χ0v) is 15.3. The average molecular weight is 362 g/mol. The van der Waals surface area contributed by atoms with Crippen LogP contribution in [0.3, 0.4) is 0 Å². The van der Waals surface area contributed by atoms with Crippen molar-refractivity contribution in [3.05, 3.63) is 59.2 Å². The van der Waals surface area contributed by atoms with E-state index in [9.17, 15) is 13.2 Å². The van der Waals surface area contributed by atoms with Crippen molar-refractivity contribution in [2.45, 2.75) is 31.7 Å². The first-order chi connectivity index (χ1) is 11.7. The summed E-state index contributed by atoms with van der Waals surface area (Å²) >= 11 is 0. The number of sulfonamides is 1. The van der Waals surface area contributed by atoms with E-state index in [1.165, 1.54) is 12.1 Å². The molecule has 0 aromatic heterocycles. The van der Waals surface area contributed by atoms with Crippen molar-refractivity contribution < 1.29 is 17.9 Å². The number of carbonyl (C=O) groups is 1. The van der Waals surface area contributed by atoms with E-state index in [4.69, 9.17) is 9.88 Å². The van der Waals surface area contributed by atoms with Gasteiger partial charge in [-0.15, -0.1) is 0 Å². The predicted octanol–water partition coefficient (Wildman–Crippen LogP) is 2.53. The van der Waals surface area contributed by atoms with Crippen molar-refractivity contribution in [3.8, 4) is 5.75 Å². The molecule has 2 aromatic carbocycles. The van der Waals surface area contributed by atoms with E-state index in [1.807, 2.05) is 38.1 Å². The summed E-state index contributed by atoms with van der Waals surface area (Å²) in [7, 11) is -3.86. The van der Waals surface area contributed by atoms with Crippen LogP contribution in [0.1, 0.15) is 41.4 Å². The number of amides is 1. The van der Waals surface area contributed by atoms with Crippen LogP contribution in [0.15, 0.2) is 47.4 Å². The molecule has 2 aromatic rings. The molecule has 0 spiro atoms. The third-order valence-electron chi connectivity index (χ3n) is 3.80. The maximum Gasteiger partial charge on any atom is 0.252 e. The highest BCUT2D eigenvalue weighted by Gasteiger charge is 2.17. The molecule has 1 amide bonds. The molecule has 0 saturated heterocycles. The predicted molar refractivity (Wildman–Crippen MR) is 96.0 cm³/mol. The molecule has 0 bridgehead atoms. The van der Waals surface area contributed by atoms with Crippen LogP contribution < -0.4 is 15.2 Å². The summed E-state index contributed by atoms with van der Waals surface area (Å²) in [5.41, 5.74) is 1.83. The molecule has 0 aliphatic heterocycles. The van der Waals surface area contributed by atoms with Gasteiger partial charge in [0.2, 0.25) is 10.0 Å². The van der Waals surface area contributed by atoms with Gasteiger partial charge < -0.3 is 10.1 Å². The Morgan fingerprint density at radius 3 is 2.60 bits per heavy atom. The summed E-state index contributed by atoms with van der Waals surface area (Å²) < 4.78 is 28.5. The van der Waals surface area contributed by atoms with Gasteiger partial charge in [-0.3, -0.25) is 4.79 Å². The molecule has 1 atom stereocenters. The van der Waals surface area contributed by atoms with Crippen LogP contribution in [-0.4, -0.2) is 20.9 Å². The summed E-state index contributed by atoms with van der Waals surface area (Å²) in [6.07, 6.45) is 0. The van der Waals surface area contributed by atoms with Crippen LogP contribution >= 0.6 is 0 Å². The molecule has 0 saturated carbocycles. The molecule has 6 nitrogen and oxygen atoms in total. The molecule has 134 valence electrons. The molecular formula is C18H22N2O4S. The van der Waals surface area contributed by atoms with E-state index in [-0.39, 0.29) is 22.4 Å². The molecule has 7 heteroatoms. The third-order valence-corrected chi connectivity index (χ3v) is 4.71. The molecular weight excluding hydrogens is 340 g/mol. The Kier molecular flexibility index (Phi) is 5.81. The van der Waals surface area contributed by atoms with Crippen molar-refractivity contribution in [1.82, 2.24) is 5.32 Å². The standard InChI is InChI=1S/C18H22N2O4S/c1-4-24-15-7-5-6-14(10-15)13(3)20-18(21)17-11-16(25(19,22)23)9-8-12(17)2/h5-11,13H,4H2,1-3H3,(H,20,21)(H2,19,22,23). The molecule has 0 fully saturated rings. The second kappa shape index (κ2) is 7.67. The van der Waals surface area contributed by atoms with Gasteiger partial charge in [0.1, 0.15) is 5.75 Å². The van der Waals surface area contributed by atoms with E-state index in [0.29, 0.717) is 12.2 Å². The lowest BCUT2D eigenvalue weighted by atomic mass is 10.1. The van der Waals surface area contributed by atoms with Crippen molar-refractivity contribution in [2.24, 2.45) is 5.14 Å². The number of benzene rings is 2. The summed E-state index contributed by atoms with van der Waals surface area (Å²) in [4.78, 5) is 12.5. The van der Waals surface area contributed by atoms with Gasteiger partial charge in [-0.25, -0.2) is 13.6 Å². The second-order valence-electron chi connectivity index (χ2n) is 5.72. The van der Waals surface area contributed by atoms with Gasteiger partial charge in [0.15, 0.2) is 0 Å². The maximum atomic E-state index is 12.6. The SMILES string of the molecule is CCOc1cccc(C(C)NC(=O)c2cc(S(N)(=O)=O)ccc2C)c1. The fraction of sp³-hybridized carbons (Fsp3) is 0.278. The zero-order chi connectivity index (χ0) is 18.6. The molecule has 2 rings (SSSR count). The molecule has 3 N–H and O–H groups in total. The largest absolute Gasteiger partial charge is 0.494 e. The van der Waals surface area contributed by atoms with Crippen LogP contribution in [0, 0.1) is 6.92 Å². The quantitative estimate of drug-likeness (QED) is 0.825. The summed E-state index contributed by atoms with van der Waals surface area (Å²) in [6.45, 7) is 6.05. The van der Waals surface area contributed by atoms with Gasteiger partial charge in [0.05, 0.1) is 17.5 Å². The lowest BCUT2D eigenvalue weighted by molar-refractivity contribution is 0.0939. The van der Waals surface area contributed by atoms with Gasteiger partial charge in [-0.1, -0.05) is 18.2 Å². The maximum absolute atomic E-state index is 12.6. The Labute approximate surface area is 148 Å². The fourth-order valence-electron chi connectivity index (χ4n) is 2.42. The normalized spacial score (nSPS) is 12.5. The fourth-order valence-corrected chi connectivity index (χ4v) is 2.96. The minimum absolute atomic E-state index is 0.0887. The zero-order valence-electron chi connectivity index (χ0n) is 14.4. The second-order valence-corrected chi connectivity index (χ2v) is 7.28. The van der Waals surface area contributed by atoms with Crippen LogP contribution in [0.5, 0.6) is 5.75 Å². The Morgan fingerprint density at radius 2 is 1.96 bits per heavy atom. The monoisotopic (exact) mass is 362 g/mol. The number of aryl methyl sites for hydroxylation is 1. The third kappa shape index (κ3) is 4.80. The number of rotatable bonds is 6. The number of primary sulfonamides is 1. The number of nitrogens with two attached hydrogens (primary N) is 1. The van der Waals surface area contributed by atoms with Gasteiger partial charge in [0.25, 0.3) is 5.91 Å². The van der Waals surface area contributed by atoms with Crippen molar-refractivity contribution in [3.63, 3.8) is 0 Å². The molecule has 25 heavy (non-hydrogen) atoms. The lowest BCUT2D eigenvalue weighted by Crippen LogP contribution is -2.27. The minimum Gasteiger partial charge on any atom is -0.494 e. The first-order valence-corrected chi connectivity index (χ1v) is 9.44. The Morgan fingerprint density at radius 1 is 1.24 bits per heavy atom. The van der Waals surface area contributed by atoms with Crippen LogP contribution in [-0.2, 0) is 10.0 Å². The number of nitrogens with one attached hydrogen (secondary N) is 1. The molecule has 0 aliphatic rings. The van der Waals surface area contributed by atoms with E-state index in [1.54, 1.807) is 13.0 Å². The highest BCUT2D eigenvalue weighted by Crippen LogP contribution is 2.21. The van der Waals surface area contributed by atoms with Crippen LogP contribution in [0.2, 0.25) is 0 Å². The van der Waals surface area contributed by atoms with Crippen molar-refractivity contribution >= 4 is 15.9 Å². The van der Waals surface area contributed by atoms with E-state index in [2.05, 4.69) is 5.32 Å². The summed E-state index contributed by atoms with van der Waals surface area (Å²) in [5.74, 6) is 0.366. The van der Waals surface area contributed by atoms with Crippen molar-refractivity contribution in [1.29, 1.82) is 0 Å². The Balaban J connectivity index is 2.23. The number of hydrogen-bond donors (Lipinski definition) is 2. The van der Waals surface area contributed by atoms with Crippen molar-refractivity contribution in [2.75, 3.05) is 6.61 Å². The Hall–Kier alpha value is -2.38.